The van der Waals surface area contributed by atoms with Gasteiger partial charge in [0.25, 0.3) is 0 Å². The van der Waals surface area contributed by atoms with Crippen molar-refractivity contribution < 1.29 is 4.79 Å². The van der Waals surface area contributed by atoms with Crippen molar-refractivity contribution in [3.8, 4) is 0 Å². The Morgan fingerprint density at radius 3 is 2.95 bits per heavy atom. The van der Waals surface area contributed by atoms with E-state index in [2.05, 4.69) is 22.3 Å². The second kappa shape index (κ2) is 6.13. The topological polar surface area (TPSA) is 85.8 Å². The Balaban J connectivity index is 1.63. The highest BCUT2D eigenvalue weighted by atomic mass is 16.1. The number of amides is 1. The molecule has 21 heavy (non-hydrogen) atoms. The van der Waals surface area contributed by atoms with Gasteiger partial charge in [-0.3, -0.25) is 4.79 Å². The number of rotatable bonds is 4. The number of fused-ring (bicyclic) bond motifs is 1. The Morgan fingerprint density at radius 2 is 2.24 bits per heavy atom. The molecule has 0 bridgehead atoms. The second-order valence-electron chi connectivity index (χ2n) is 6.28. The molecule has 3 atom stereocenters. The van der Waals surface area contributed by atoms with E-state index in [0.29, 0.717) is 12.3 Å². The Hall–Kier alpha value is -1.43. The molecule has 6 heteroatoms. The predicted octanol–water partition coefficient (Wildman–Crippen LogP) is 1.31. The quantitative estimate of drug-likeness (QED) is 0.875. The standard InChI is InChI=1S/C15H25N5O/c1-2-13-18-15-12(7-4-8-20(15)19-13)17-14(21)9-10-5-3-6-11(10)16/h10-12H,2-9,16H2,1H3,(H,17,21)/t10-,11+,12?/m0/s1. The zero-order chi connectivity index (χ0) is 14.8. The first-order valence-corrected chi connectivity index (χ1v) is 8.16. The molecule has 1 saturated carbocycles. The van der Waals surface area contributed by atoms with Crippen LogP contribution in [0.25, 0.3) is 0 Å². The van der Waals surface area contributed by atoms with Crippen LogP contribution in [-0.4, -0.2) is 26.7 Å². The smallest absolute Gasteiger partial charge is 0.220 e. The molecule has 1 aliphatic carbocycles. The van der Waals surface area contributed by atoms with Crippen molar-refractivity contribution in [2.45, 2.75) is 70.5 Å². The van der Waals surface area contributed by atoms with Crippen molar-refractivity contribution in [3.63, 3.8) is 0 Å². The van der Waals surface area contributed by atoms with Crippen molar-refractivity contribution in [2.24, 2.45) is 11.7 Å². The van der Waals surface area contributed by atoms with Crippen LogP contribution in [0.4, 0.5) is 0 Å². The molecule has 1 amide bonds. The predicted molar refractivity (Wildman–Crippen MR) is 79.5 cm³/mol. The largest absolute Gasteiger partial charge is 0.346 e. The number of aryl methyl sites for hydroxylation is 2. The number of hydrogen-bond donors (Lipinski definition) is 2. The Morgan fingerprint density at radius 1 is 1.38 bits per heavy atom. The van der Waals surface area contributed by atoms with Gasteiger partial charge in [0.15, 0.2) is 5.82 Å². The van der Waals surface area contributed by atoms with E-state index in [1.807, 2.05) is 4.68 Å². The van der Waals surface area contributed by atoms with Gasteiger partial charge in [0.1, 0.15) is 5.82 Å². The average Bonchev–Trinajstić information content (AvgIpc) is 3.06. The maximum atomic E-state index is 12.3. The summed E-state index contributed by atoms with van der Waals surface area (Å²) in [5.74, 6) is 2.24. The van der Waals surface area contributed by atoms with E-state index in [-0.39, 0.29) is 18.0 Å². The molecular weight excluding hydrogens is 266 g/mol. The number of aromatic nitrogens is 3. The van der Waals surface area contributed by atoms with Crippen LogP contribution < -0.4 is 11.1 Å². The molecule has 3 rings (SSSR count). The normalized spacial score (nSPS) is 28.4. The van der Waals surface area contributed by atoms with E-state index in [9.17, 15) is 4.79 Å². The Kier molecular flexibility index (Phi) is 4.24. The molecule has 0 spiro atoms. The summed E-state index contributed by atoms with van der Waals surface area (Å²) in [7, 11) is 0. The summed E-state index contributed by atoms with van der Waals surface area (Å²) in [5, 5.41) is 7.62. The molecule has 1 aromatic heterocycles. The zero-order valence-electron chi connectivity index (χ0n) is 12.7. The summed E-state index contributed by atoms with van der Waals surface area (Å²) in [6, 6.07) is 0.203. The first-order valence-electron chi connectivity index (χ1n) is 8.16. The molecule has 1 aromatic rings. The van der Waals surface area contributed by atoms with Crippen LogP contribution in [0.1, 0.15) is 63.1 Å². The van der Waals surface area contributed by atoms with Crippen LogP contribution in [0.15, 0.2) is 0 Å². The monoisotopic (exact) mass is 291 g/mol. The second-order valence-corrected chi connectivity index (χ2v) is 6.28. The summed E-state index contributed by atoms with van der Waals surface area (Å²) in [6.07, 6.45) is 6.64. The SMILES string of the molecule is CCc1nc2n(n1)CCCC2NC(=O)C[C@@H]1CCC[C@H]1N. The Labute approximate surface area is 125 Å². The fourth-order valence-corrected chi connectivity index (χ4v) is 3.50. The maximum Gasteiger partial charge on any atom is 0.220 e. The van der Waals surface area contributed by atoms with Gasteiger partial charge >= 0.3 is 0 Å². The van der Waals surface area contributed by atoms with E-state index in [0.717, 1.165) is 56.7 Å². The summed E-state index contributed by atoms with van der Waals surface area (Å²) in [5.41, 5.74) is 6.05. The van der Waals surface area contributed by atoms with Crippen LogP contribution in [0, 0.1) is 5.92 Å². The molecule has 3 N–H and O–H groups in total. The summed E-state index contributed by atoms with van der Waals surface area (Å²) >= 11 is 0. The molecular formula is C15H25N5O. The summed E-state index contributed by atoms with van der Waals surface area (Å²) < 4.78 is 1.95. The van der Waals surface area contributed by atoms with Gasteiger partial charge in [0.05, 0.1) is 6.04 Å². The third-order valence-electron chi connectivity index (χ3n) is 4.74. The van der Waals surface area contributed by atoms with Gasteiger partial charge in [-0.15, -0.1) is 0 Å². The molecule has 1 unspecified atom stereocenters. The highest BCUT2D eigenvalue weighted by molar-refractivity contribution is 5.76. The van der Waals surface area contributed by atoms with Crippen LogP contribution in [0.2, 0.25) is 0 Å². The first-order chi connectivity index (χ1) is 10.2. The molecule has 0 saturated heterocycles. The Bertz CT molecular complexity index is 512. The molecule has 0 aromatic carbocycles. The van der Waals surface area contributed by atoms with Crippen molar-refractivity contribution in [2.75, 3.05) is 0 Å². The number of carbonyl (C=O) groups excluding carboxylic acids is 1. The van der Waals surface area contributed by atoms with Crippen LogP contribution in [0.3, 0.4) is 0 Å². The molecule has 6 nitrogen and oxygen atoms in total. The van der Waals surface area contributed by atoms with E-state index in [4.69, 9.17) is 5.73 Å². The highest BCUT2D eigenvalue weighted by Crippen LogP contribution is 2.28. The van der Waals surface area contributed by atoms with Gasteiger partial charge in [-0.05, 0) is 31.6 Å². The average molecular weight is 291 g/mol. The van der Waals surface area contributed by atoms with Gasteiger partial charge < -0.3 is 11.1 Å². The fraction of sp³-hybridized carbons (Fsp3) is 0.800. The first kappa shape index (κ1) is 14.5. The van der Waals surface area contributed by atoms with E-state index >= 15 is 0 Å². The maximum absolute atomic E-state index is 12.3. The lowest BCUT2D eigenvalue weighted by Crippen LogP contribution is -2.36. The van der Waals surface area contributed by atoms with E-state index in [1.54, 1.807) is 0 Å². The third-order valence-corrected chi connectivity index (χ3v) is 4.74. The minimum Gasteiger partial charge on any atom is -0.346 e. The van der Waals surface area contributed by atoms with Gasteiger partial charge in [-0.2, -0.15) is 5.10 Å². The zero-order valence-corrected chi connectivity index (χ0v) is 12.7. The van der Waals surface area contributed by atoms with Crippen molar-refractivity contribution in [3.05, 3.63) is 11.6 Å². The summed E-state index contributed by atoms with van der Waals surface area (Å²) in [6.45, 7) is 2.96. The van der Waals surface area contributed by atoms with Crippen molar-refractivity contribution >= 4 is 5.91 Å². The third kappa shape index (κ3) is 3.10. The number of nitrogens with one attached hydrogen (secondary N) is 1. The molecule has 1 fully saturated rings. The highest BCUT2D eigenvalue weighted by Gasteiger charge is 2.29. The minimum absolute atomic E-state index is 0.0108. The van der Waals surface area contributed by atoms with Gasteiger partial charge in [-0.1, -0.05) is 13.3 Å². The van der Waals surface area contributed by atoms with Crippen molar-refractivity contribution in [1.29, 1.82) is 0 Å². The van der Waals surface area contributed by atoms with Gasteiger partial charge in [0.2, 0.25) is 5.91 Å². The molecule has 116 valence electrons. The fourth-order valence-electron chi connectivity index (χ4n) is 3.50. The number of nitrogens with zero attached hydrogens (tertiary/aromatic N) is 3. The summed E-state index contributed by atoms with van der Waals surface area (Å²) in [4.78, 5) is 16.8. The molecule has 1 aliphatic heterocycles. The van der Waals surface area contributed by atoms with E-state index < -0.39 is 0 Å². The lowest BCUT2D eigenvalue weighted by Gasteiger charge is -2.24. The van der Waals surface area contributed by atoms with E-state index in [1.165, 1.54) is 0 Å². The number of hydrogen-bond acceptors (Lipinski definition) is 4. The lowest BCUT2D eigenvalue weighted by molar-refractivity contribution is -0.123. The van der Waals surface area contributed by atoms with Crippen LogP contribution in [-0.2, 0) is 17.8 Å². The van der Waals surface area contributed by atoms with Gasteiger partial charge in [0, 0.05) is 25.4 Å². The molecule has 0 radical (unpaired) electrons. The van der Waals surface area contributed by atoms with Crippen LogP contribution in [0.5, 0.6) is 0 Å². The lowest BCUT2D eigenvalue weighted by atomic mass is 9.99. The van der Waals surface area contributed by atoms with Crippen molar-refractivity contribution in [1.82, 2.24) is 20.1 Å². The minimum atomic E-state index is 0.0108. The molecule has 2 heterocycles. The van der Waals surface area contributed by atoms with Gasteiger partial charge in [-0.25, -0.2) is 9.67 Å². The number of nitrogens with two attached hydrogens (primary N) is 1. The number of carbonyl (C=O) groups is 1. The van der Waals surface area contributed by atoms with Crippen LogP contribution >= 0.6 is 0 Å². The molecule has 2 aliphatic rings.